The molecule has 2 heterocycles. The first-order valence-corrected chi connectivity index (χ1v) is 11.2. The minimum atomic E-state index is -0.498. The maximum absolute atomic E-state index is 15.6. The number of rotatable bonds is 6. The van der Waals surface area contributed by atoms with E-state index in [4.69, 9.17) is 0 Å². The molecule has 4 nitrogen and oxygen atoms in total. The van der Waals surface area contributed by atoms with Crippen LogP contribution in [0.5, 0.6) is 0 Å². The number of para-hydroxylation sites is 1. The Morgan fingerprint density at radius 2 is 2.06 bits per heavy atom. The van der Waals surface area contributed by atoms with Gasteiger partial charge in [0.1, 0.15) is 5.82 Å². The van der Waals surface area contributed by atoms with Gasteiger partial charge < -0.3 is 9.72 Å². The number of ether oxygens (including phenoxy) is 1. The van der Waals surface area contributed by atoms with Crippen LogP contribution in [0.4, 0.5) is 8.78 Å². The van der Waals surface area contributed by atoms with Gasteiger partial charge in [-0.25, -0.2) is 9.18 Å². The number of alkyl halides is 1. The Hall–Kier alpha value is -2.99. The van der Waals surface area contributed by atoms with Crippen LogP contribution in [0.1, 0.15) is 49.2 Å². The van der Waals surface area contributed by atoms with E-state index >= 15 is 4.39 Å². The van der Waals surface area contributed by atoms with E-state index in [0.29, 0.717) is 17.7 Å². The van der Waals surface area contributed by atoms with Crippen molar-refractivity contribution in [2.75, 3.05) is 20.3 Å². The molecule has 0 aliphatic carbocycles. The Bertz CT molecular complexity index is 1200. The predicted molar refractivity (Wildman–Crippen MR) is 127 cm³/mol. The van der Waals surface area contributed by atoms with Crippen LogP contribution < -0.4 is 0 Å². The second-order valence-corrected chi connectivity index (χ2v) is 9.50. The summed E-state index contributed by atoms with van der Waals surface area (Å²) in [6.45, 7) is 6.23. The molecule has 0 amide bonds. The van der Waals surface area contributed by atoms with Crippen LogP contribution in [0.3, 0.4) is 0 Å². The van der Waals surface area contributed by atoms with Crippen molar-refractivity contribution in [3.8, 4) is 0 Å². The smallest absolute Gasteiger partial charge is 0.330 e. The van der Waals surface area contributed by atoms with Gasteiger partial charge in [0.25, 0.3) is 0 Å². The lowest BCUT2D eigenvalue weighted by molar-refractivity contribution is -0.134. The number of methoxy groups -OCH3 is 1. The number of hydrogen-bond acceptors (Lipinski definition) is 3. The van der Waals surface area contributed by atoms with Crippen LogP contribution in [-0.2, 0) is 16.0 Å². The topological polar surface area (TPSA) is 45.3 Å². The Morgan fingerprint density at radius 1 is 1.30 bits per heavy atom. The Balaban J connectivity index is 1.85. The number of aromatic amines is 1. The van der Waals surface area contributed by atoms with Gasteiger partial charge in [0, 0.05) is 40.3 Å². The van der Waals surface area contributed by atoms with Crippen LogP contribution >= 0.6 is 0 Å². The SMILES string of the molecule is COC(=O)/C=C/c1ccc(C2c3[nH]c4ccccc4c3CC(C)(C)N2C[C@H](C)CF)c(F)c1. The van der Waals surface area contributed by atoms with Crippen molar-refractivity contribution in [1.29, 1.82) is 0 Å². The maximum atomic E-state index is 15.6. The lowest BCUT2D eigenvalue weighted by Gasteiger charge is -2.48. The summed E-state index contributed by atoms with van der Waals surface area (Å²) in [5, 5.41) is 1.14. The molecule has 6 heteroatoms. The second-order valence-electron chi connectivity index (χ2n) is 9.50. The third-order valence-electron chi connectivity index (χ3n) is 6.52. The molecule has 0 bridgehead atoms. The molecule has 0 fully saturated rings. The van der Waals surface area contributed by atoms with E-state index in [1.54, 1.807) is 12.1 Å². The van der Waals surface area contributed by atoms with Crippen molar-refractivity contribution in [3.63, 3.8) is 0 Å². The van der Waals surface area contributed by atoms with E-state index in [9.17, 15) is 9.18 Å². The fourth-order valence-electron chi connectivity index (χ4n) is 4.85. The van der Waals surface area contributed by atoms with Gasteiger partial charge >= 0.3 is 5.97 Å². The lowest BCUT2D eigenvalue weighted by atomic mass is 9.80. The summed E-state index contributed by atoms with van der Waals surface area (Å²) in [5.41, 5.74) is 3.94. The number of carbonyl (C=O) groups excluding carboxylic acids is 1. The Labute approximate surface area is 193 Å². The highest BCUT2D eigenvalue weighted by Crippen LogP contribution is 2.45. The number of nitrogens with one attached hydrogen (secondary N) is 1. The second kappa shape index (κ2) is 9.10. The number of carbonyl (C=O) groups is 1. The van der Waals surface area contributed by atoms with Crippen LogP contribution in [-0.4, -0.2) is 41.7 Å². The lowest BCUT2D eigenvalue weighted by Crippen LogP contribution is -2.53. The first kappa shape index (κ1) is 23.2. The first-order chi connectivity index (χ1) is 15.7. The Kier molecular flexibility index (Phi) is 6.39. The molecular weight excluding hydrogens is 422 g/mol. The third-order valence-corrected chi connectivity index (χ3v) is 6.52. The van der Waals surface area contributed by atoms with Crippen LogP contribution in [0.2, 0.25) is 0 Å². The average molecular weight is 453 g/mol. The highest BCUT2D eigenvalue weighted by Gasteiger charge is 2.43. The zero-order valence-electron chi connectivity index (χ0n) is 19.5. The highest BCUT2D eigenvalue weighted by atomic mass is 19.1. The van der Waals surface area contributed by atoms with Gasteiger partial charge in [0.15, 0.2) is 0 Å². The van der Waals surface area contributed by atoms with Crippen molar-refractivity contribution in [3.05, 3.63) is 76.7 Å². The number of esters is 1. The summed E-state index contributed by atoms with van der Waals surface area (Å²) in [4.78, 5) is 17.2. The monoisotopic (exact) mass is 452 g/mol. The fraction of sp³-hybridized carbons (Fsp3) is 0.370. The van der Waals surface area contributed by atoms with Crippen LogP contribution in [0.25, 0.3) is 17.0 Å². The van der Waals surface area contributed by atoms with E-state index in [2.05, 4.69) is 34.5 Å². The minimum Gasteiger partial charge on any atom is -0.466 e. The molecule has 174 valence electrons. The number of aromatic nitrogens is 1. The number of H-pyrrole nitrogens is 1. The fourth-order valence-corrected chi connectivity index (χ4v) is 4.85. The largest absolute Gasteiger partial charge is 0.466 e. The van der Waals surface area contributed by atoms with Crippen LogP contribution in [0.15, 0.2) is 48.5 Å². The summed E-state index contributed by atoms with van der Waals surface area (Å²) in [5.74, 6) is -1.04. The molecule has 4 rings (SSSR count). The van der Waals surface area contributed by atoms with Gasteiger partial charge in [-0.15, -0.1) is 0 Å². The molecule has 0 radical (unpaired) electrons. The summed E-state index contributed by atoms with van der Waals surface area (Å²) in [6, 6.07) is 12.7. The molecule has 3 aromatic rings. The van der Waals surface area contributed by atoms with Gasteiger partial charge in [0.05, 0.1) is 19.8 Å². The van der Waals surface area contributed by atoms with Crippen molar-refractivity contribution < 1.29 is 18.3 Å². The normalized spacial score (nSPS) is 19.0. The van der Waals surface area contributed by atoms with Gasteiger partial charge in [-0.3, -0.25) is 9.29 Å². The van der Waals surface area contributed by atoms with Crippen molar-refractivity contribution in [2.24, 2.45) is 5.92 Å². The average Bonchev–Trinajstić information content (AvgIpc) is 3.15. The first-order valence-electron chi connectivity index (χ1n) is 11.2. The maximum Gasteiger partial charge on any atom is 0.330 e. The third kappa shape index (κ3) is 4.44. The highest BCUT2D eigenvalue weighted by molar-refractivity contribution is 5.87. The molecule has 0 saturated carbocycles. The van der Waals surface area contributed by atoms with E-state index in [0.717, 1.165) is 23.0 Å². The summed E-state index contributed by atoms with van der Waals surface area (Å²) < 4.78 is 33.7. The van der Waals surface area contributed by atoms with Crippen molar-refractivity contribution in [1.82, 2.24) is 9.88 Å². The number of benzene rings is 2. The molecule has 1 unspecified atom stereocenters. The molecular formula is C27H30F2N2O2. The number of halogens is 2. The standard InChI is InChI=1S/C27H30F2N2O2/c1-17(15-28)16-31-26(20-11-9-18(13-22(20)29)10-12-24(32)33-4)25-21(14-27(31,2)3)19-7-5-6-8-23(19)30-25/h5-13,17,26,30H,14-16H2,1-4H3/b12-10+/t17-,26?/m1/s1. The van der Waals surface area contributed by atoms with Gasteiger partial charge in [0.2, 0.25) is 0 Å². The zero-order chi connectivity index (χ0) is 23.8. The van der Waals surface area contributed by atoms with Crippen LogP contribution in [0, 0.1) is 11.7 Å². The van der Waals surface area contributed by atoms with Crippen molar-refractivity contribution >= 4 is 22.9 Å². The van der Waals surface area contributed by atoms with E-state index in [1.165, 1.54) is 30.9 Å². The zero-order valence-corrected chi connectivity index (χ0v) is 19.5. The molecule has 0 saturated heterocycles. The van der Waals surface area contributed by atoms with E-state index in [1.807, 2.05) is 25.1 Å². The molecule has 33 heavy (non-hydrogen) atoms. The summed E-state index contributed by atoms with van der Waals surface area (Å²) in [7, 11) is 1.30. The van der Waals surface area contributed by atoms with Gasteiger partial charge in [-0.1, -0.05) is 37.3 Å². The van der Waals surface area contributed by atoms with Crippen molar-refractivity contribution in [2.45, 2.75) is 38.8 Å². The number of hydrogen-bond donors (Lipinski definition) is 1. The molecule has 2 atom stereocenters. The van der Waals surface area contributed by atoms with Gasteiger partial charge in [-0.05, 0) is 55.5 Å². The molecule has 1 aliphatic heterocycles. The molecule has 1 N–H and O–H groups in total. The quantitative estimate of drug-likeness (QED) is 0.378. The summed E-state index contributed by atoms with van der Waals surface area (Å²) in [6.07, 6.45) is 3.58. The number of nitrogens with zero attached hydrogens (tertiary/aromatic N) is 1. The molecule has 2 aromatic carbocycles. The molecule has 1 aromatic heterocycles. The molecule has 1 aliphatic rings. The van der Waals surface area contributed by atoms with E-state index < -0.39 is 12.6 Å². The minimum absolute atomic E-state index is 0.178. The molecule has 0 spiro atoms. The van der Waals surface area contributed by atoms with E-state index in [-0.39, 0.29) is 23.3 Å². The number of fused-ring (bicyclic) bond motifs is 3. The predicted octanol–water partition coefficient (Wildman–Crippen LogP) is 5.82. The van der Waals surface area contributed by atoms with Gasteiger partial charge in [-0.2, -0.15) is 0 Å². The summed E-state index contributed by atoms with van der Waals surface area (Å²) >= 11 is 0. The Morgan fingerprint density at radius 3 is 2.76 bits per heavy atom.